The minimum Gasteiger partial charge on any atom is -0.396 e. The third kappa shape index (κ3) is 4.57. The average Bonchev–Trinajstić information content (AvgIpc) is 2.30. The lowest BCUT2D eigenvalue weighted by Gasteiger charge is -2.39. The first-order chi connectivity index (χ1) is 8.00. The number of hydrogen-bond acceptors (Lipinski definition) is 3. The van der Waals surface area contributed by atoms with Crippen LogP contribution in [0.25, 0.3) is 0 Å². The summed E-state index contributed by atoms with van der Waals surface area (Å²) in [6.07, 6.45) is 4.22. The van der Waals surface area contributed by atoms with Crippen molar-refractivity contribution in [2.24, 2.45) is 11.3 Å². The fourth-order valence-corrected chi connectivity index (χ4v) is 2.94. The van der Waals surface area contributed by atoms with Crippen molar-refractivity contribution >= 4 is 0 Å². The predicted octanol–water partition coefficient (Wildman–Crippen LogP) is 1.88. The molecule has 2 unspecified atom stereocenters. The molecule has 3 heteroatoms. The van der Waals surface area contributed by atoms with Crippen molar-refractivity contribution in [1.29, 1.82) is 0 Å². The largest absolute Gasteiger partial charge is 0.396 e. The summed E-state index contributed by atoms with van der Waals surface area (Å²) in [7, 11) is 0. The van der Waals surface area contributed by atoms with Crippen molar-refractivity contribution in [2.45, 2.75) is 52.6 Å². The van der Waals surface area contributed by atoms with Crippen molar-refractivity contribution in [3.63, 3.8) is 0 Å². The van der Waals surface area contributed by atoms with E-state index >= 15 is 0 Å². The van der Waals surface area contributed by atoms with Gasteiger partial charge in [0, 0.05) is 18.6 Å². The number of aliphatic hydroxyl groups excluding tert-OH is 2. The molecule has 102 valence electrons. The number of piperidine rings is 1. The number of rotatable bonds is 6. The minimum atomic E-state index is -0.169. The molecule has 1 fully saturated rings. The summed E-state index contributed by atoms with van der Waals surface area (Å²) < 4.78 is 0. The van der Waals surface area contributed by atoms with E-state index in [-0.39, 0.29) is 18.1 Å². The number of nitrogens with zero attached hydrogens (tertiary/aromatic N) is 1. The number of hydrogen-bond donors (Lipinski definition) is 2. The fourth-order valence-electron chi connectivity index (χ4n) is 2.94. The molecule has 1 heterocycles. The Balaban J connectivity index is 2.38. The first-order valence-corrected chi connectivity index (χ1v) is 7.02. The molecule has 1 aliphatic heterocycles. The first-order valence-electron chi connectivity index (χ1n) is 7.02. The molecule has 3 nitrogen and oxygen atoms in total. The lowest BCUT2D eigenvalue weighted by molar-refractivity contribution is 0.0354. The molecule has 0 aromatic rings. The lowest BCUT2D eigenvalue weighted by atomic mass is 9.84. The van der Waals surface area contributed by atoms with Crippen LogP contribution in [0.4, 0.5) is 0 Å². The van der Waals surface area contributed by atoms with Crippen LogP contribution in [0.2, 0.25) is 0 Å². The first kappa shape index (κ1) is 14.9. The highest BCUT2D eigenvalue weighted by Crippen LogP contribution is 2.27. The van der Waals surface area contributed by atoms with Gasteiger partial charge < -0.3 is 15.1 Å². The van der Waals surface area contributed by atoms with Gasteiger partial charge in [0.1, 0.15) is 0 Å². The molecule has 0 aromatic heterocycles. The van der Waals surface area contributed by atoms with Gasteiger partial charge in [-0.15, -0.1) is 0 Å². The van der Waals surface area contributed by atoms with Gasteiger partial charge in [0.25, 0.3) is 0 Å². The Morgan fingerprint density at radius 3 is 2.35 bits per heavy atom. The van der Waals surface area contributed by atoms with Gasteiger partial charge in [-0.3, -0.25) is 0 Å². The second-order valence-electron chi connectivity index (χ2n) is 6.07. The van der Waals surface area contributed by atoms with Crippen molar-refractivity contribution in [2.75, 3.05) is 26.2 Å². The van der Waals surface area contributed by atoms with E-state index in [0.717, 1.165) is 45.3 Å². The van der Waals surface area contributed by atoms with Crippen molar-refractivity contribution in [3.05, 3.63) is 0 Å². The minimum absolute atomic E-state index is 0.0480. The van der Waals surface area contributed by atoms with Gasteiger partial charge in [-0.05, 0) is 45.2 Å². The molecule has 1 saturated heterocycles. The molecule has 0 spiro atoms. The van der Waals surface area contributed by atoms with E-state index in [1.165, 1.54) is 0 Å². The molecule has 1 rings (SSSR count). The van der Waals surface area contributed by atoms with Crippen LogP contribution in [0.15, 0.2) is 0 Å². The number of likely N-dealkylation sites (tertiary alicyclic amines) is 1. The molecule has 0 aliphatic carbocycles. The van der Waals surface area contributed by atoms with Gasteiger partial charge in [0.05, 0.1) is 6.10 Å². The van der Waals surface area contributed by atoms with Crippen LogP contribution in [0.3, 0.4) is 0 Å². The third-order valence-electron chi connectivity index (χ3n) is 4.16. The maximum atomic E-state index is 9.57. The zero-order valence-corrected chi connectivity index (χ0v) is 11.7. The summed E-state index contributed by atoms with van der Waals surface area (Å²) in [6, 6.07) is 0. The van der Waals surface area contributed by atoms with Crippen molar-refractivity contribution in [3.8, 4) is 0 Å². The summed E-state index contributed by atoms with van der Waals surface area (Å²) in [6.45, 7) is 9.64. The second-order valence-corrected chi connectivity index (χ2v) is 6.07. The topological polar surface area (TPSA) is 43.7 Å². The molecule has 0 saturated carbocycles. The van der Waals surface area contributed by atoms with E-state index in [2.05, 4.69) is 18.7 Å². The van der Waals surface area contributed by atoms with Crippen molar-refractivity contribution in [1.82, 2.24) is 4.90 Å². The van der Waals surface area contributed by atoms with Crippen LogP contribution in [0, 0.1) is 11.3 Å². The van der Waals surface area contributed by atoms with Crippen LogP contribution >= 0.6 is 0 Å². The van der Waals surface area contributed by atoms with E-state index < -0.39 is 0 Å². The molecular formula is C14H29NO2. The van der Waals surface area contributed by atoms with E-state index in [9.17, 15) is 10.2 Å². The van der Waals surface area contributed by atoms with Crippen molar-refractivity contribution < 1.29 is 10.2 Å². The summed E-state index contributed by atoms with van der Waals surface area (Å²) >= 11 is 0. The maximum absolute atomic E-state index is 9.57. The highest BCUT2D eigenvalue weighted by molar-refractivity contribution is 4.82. The Morgan fingerprint density at radius 1 is 1.35 bits per heavy atom. The Bertz CT molecular complexity index is 212. The van der Waals surface area contributed by atoms with Gasteiger partial charge in [0.15, 0.2) is 0 Å². The molecule has 1 aliphatic rings. The molecule has 0 radical (unpaired) electrons. The maximum Gasteiger partial charge on any atom is 0.0541 e. The molecule has 17 heavy (non-hydrogen) atoms. The van der Waals surface area contributed by atoms with Gasteiger partial charge in [0.2, 0.25) is 0 Å². The SMILES string of the molecule is CCCC(C)(CO)CN1CCC(C(C)O)CC1. The highest BCUT2D eigenvalue weighted by atomic mass is 16.3. The summed E-state index contributed by atoms with van der Waals surface area (Å²) in [5.74, 6) is 0.470. The lowest BCUT2D eigenvalue weighted by Crippen LogP contribution is -2.43. The fraction of sp³-hybridized carbons (Fsp3) is 1.00. The van der Waals surface area contributed by atoms with Gasteiger partial charge in [-0.1, -0.05) is 20.3 Å². The molecule has 0 bridgehead atoms. The van der Waals surface area contributed by atoms with E-state index in [1.54, 1.807) is 0 Å². The molecule has 2 N–H and O–H groups in total. The summed E-state index contributed by atoms with van der Waals surface area (Å²) in [5, 5.41) is 19.1. The van der Waals surface area contributed by atoms with Crippen LogP contribution < -0.4 is 0 Å². The Kier molecular flexibility index (Phi) is 5.90. The smallest absolute Gasteiger partial charge is 0.0541 e. The van der Waals surface area contributed by atoms with Crippen LogP contribution in [-0.4, -0.2) is 47.5 Å². The van der Waals surface area contributed by atoms with Gasteiger partial charge >= 0.3 is 0 Å². The molecular weight excluding hydrogens is 214 g/mol. The zero-order valence-electron chi connectivity index (χ0n) is 11.7. The van der Waals surface area contributed by atoms with Crippen LogP contribution in [0.5, 0.6) is 0 Å². The highest BCUT2D eigenvalue weighted by Gasteiger charge is 2.29. The zero-order chi connectivity index (χ0) is 12.9. The normalized spacial score (nSPS) is 24.5. The van der Waals surface area contributed by atoms with Gasteiger partial charge in [-0.2, -0.15) is 0 Å². The van der Waals surface area contributed by atoms with Crippen LogP contribution in [-0.2, 0) is 0 Å². The van der Waals surface area contributed by atoms with Crippen LogP contribution in [0.1, 0.15) is 46.5 Å². The Morgan fingerprint density at radius 2 is 1.94 bits per heavy atom. The average molecular weight is 243 g/mol. The van der Waals surface area contributed by atoms with E-state index in [0.29, 0.717) is 5.92 Å². The summed E-state index contributed by atoms with van der Waals surface area (Å²) in [4.78, 5) is 2.45. The Hall–Kier alpha value is -0.120. The standard InChI is InChI=1S/C14H29NO2/c1-4-7-14(3,11-16)10-15-8-5-13(6-9-15)12(2)17/h12-13,16-17H,4-11H2,1-3H3. The third-order valence-corrected chi connectivity index (χ3v) is 4.16. The van der Waals surface area contributed by atoms with E-state index in [1.807, 2.05) is 6.92 Å². The Labute approximate surface area is 106 Å². The number of aliphatic hydroxyl groups is 2. The molecule has 0 aromatic carbocycles. The molecule has 0 amide bonds. The summed E-state index contributed by atoms with van der Waals surface area (Å²) in [5.41, 5.74) is 0.0480. The monoisotopic (exact) mass is 243 g/mol. The quantitative estimate of drug-likeness (QED) is 0.748. The van der Waals surface area contributed by atoms with E-state index in [4.69, 9.17) is 0 Å². The second kappa shape index (κ2) is 6.72. The predicted molar refractivity (Wildman–Crippen MR) is 70.9 cm³/mol. The van der Waals surface area contributed by atoms with Gasteiger partial charge in [-0.25, -0.2) is 0 Å². The molecule has 2 atom stereocenters.